The van der Waals surface area contributed by atoms with Gasteiger partial charge in [-0.1, -0.05) is 18.2 Å². The van der Waals surface area contributed by atoms with Gasteiger partial charge in [0.1, 0.15) is 5.58 Å². The van der Waals surface area contributed by atoms with Gasteiger partial charge in [-0.15, -0.1) is 0 Å². The van der Waals surface area contributed by atoms with Crippen LogP contribution >= 0.6 is 0 Å². The standard InChI is InChI=1S/C20H21N3O6S/c1-13-6-7-18-15(12-29-20(18)14(13)2)10-19(24)21-8-9-22-30(27,28)17-5-3-4-16(11-17)23(25)26/h3-7,11-12,22H,8-10H2,1-2H3,(H,21,24). The number of fused-ring (bicyclic) bond motifs is 1. The number of sulfonamides is 1. The first-order chi connectivity index (χ1) is 14.2. The summed E-state index contributed by atoms with van der Waals surface area (Å²) in [5, 5.41) is 14.3. The maximum absolute atomic E-state index is 12.3. The van der Waals surface area contributed by atoms with Crippen LogP contribution < -0.4 is 10.0 Å². The first kappa shape index (κ1) is 21.5. The minimum absolute atomic E-state index is 0.0544. The van der Waals surface area contributed by atoms with Crippen LogP contribution in [0.25, 0.3) is 11.0 Å². The van der Waals surface area contributed by atoms with E-state index in [9.17, 15) is 23.3 Å². The number of carbonyl (C=O) groups excluding carboxylic acids is 1. The molecule has 1 heterocycles. The smallest absolute Gasteiger partial charge is 0.270 e. The minimum atomic E-state index is -3.92. The Hall–Kier alpha value is -3.24. The molecular formula is C20H21N3O6S. The normalized spacial score (nSPS) is 11.5. The van der Waals surface area contributed by atoms with Gasteiger partial charge >= 0.3 is 0 Å². The zero-order valence-electron chi connectivity index (χ0n) is 16.5. The molecular weight excluding hydrogens is 410 g/mol. The van der Waals surface area contributed by atoms with Crippen LogP contribution in [0, 0.1) is 24.0 Å². The Morgan fingerprint density at radius 3 is 2.67 bits per heavy atom. The quantitative estimate of drug-likeness (QED) is 0.320. The third kappa shape index (κ3) is 4.66. The first-order valence-electron chi connectivity index (χ1n) is 9.16. The van der Waals surface area contributed by atoms with Gasteiger partial charge in [0.2, 0.25) is 15.9 Å². The molecule has 30 heavy (non-hydrogen) atoms. The third-order valence-electron chi connectivity index (χ3n) is 4.77. The van der Waals surface area contributed by atoms with E-state index in [1.807, 2.05) is 26.0 Å². The predicted octanol–water partition coefficient (Wildman–Crippen LogP) is 2.60. The van der Waals surface area contributed by atoms with Gasteiger partial charge in [0.15, 0.2) is 0 Å². The average Bonchev–Trinajstić information content (AvgIpc) is 3.11. The molecule has 10 heteroatoms. The molecule has 0 saturated heterocycles. The summed E-state index contributed by atoms with van der Waals surface area (Å²) in [4.78, 5) is 22.1. The monoisotopic (exact) mass is 431 g/mol. The molecule has 0 unspecified atom stereocenters. The van der Waals surface area contributed by atoms with Crippen molar-refractivity contribution in [2.45, 2.75) is 25.2 Å². The van der Waals surface area contributed by atoms with E-state index in [2.05, 4.69) is 10.0 Å². The van der Waals surface area contributed by atoms with Crippen molar-refractivity contribution in [1.82, 2.24) is 10.0 Å². The number of nitrogens with one attached hydrogen (secondary N) is 2. The van der Waals surface area contributed by atoms with Gasteiger partial charge in [0, 0.05) is 36.2 Å². The van der Waals surface area contributed by atoms with E-state index in [1.54, 1.807) is 6.26 Å². The molecule has 3 aromatic rings. The van der Waals surface area contributed by atoms with Crippen molar-refractivity contribution in [3.05, 3.63) is 69.5 Å². The van der Waals surface area contributed by atoms with Crippen LogP contribution in [0.4, 0.5) is 5.69 Å². The zero-order valence-corrected chi connectivity index (χ0v) is 17.3. The minimum Gasteiger partial charge on any atom is -0.464 e. The number of nitrogens with zero attached hydrogens (tertiary/aromatic N) is 1. The molecule has 0 aliphatic rings. The van der Waals surface area contributed by atoms with Crippen molar-refractivity contribution in [2.75, 3.05) is 13.1 Å². The van der Waals surface area contributed by atoms with Gasteiger partial charge in [-0.2, -0.15) is 0 Å². The topological polar surface area (TPSA) is 132 Å². The number of non-ortho nitro benzene ring substituents is 1. The molecule has 0 fully saturated rings. The average molecular weight is 431 g/mol. The summed E-state index contributed by atoms with van der Waals surface area (Å²) in [5.41, 5.74) is 3.31. The van der Waals surface area contributed by atoms with Gasteiger partial charge in [0.25, 0.3) is 5.69 Å². The number of furan rings is 1. The highest BCUT2D eigenvalue weighted by Crippen LogP contribution is 2.26. The summed E-state index contributed by atoms with van der Waals surface area (Å²) in [5.74, 6) is -0.273. The van der Waals surface area contributed by atoms with Gasteiger partial charge in [-0.25, -0.2) is 13.1 Å². The van der Waals surface area contributed by atoms with Crippen molar-refractivity contribution in [3.8, 4) is 0 Å². The Kier molecular flexibility index (Phi) is 6.18. The summed E-state index contributed by atoms with van der Waals surface area (Å²) >= 11 is 0. The fourth-order valence-electron chi connectivity index (χ4n) is 3.00. The fraction of sp³-hybridized carbons (Fsp3) is 0.250. The number of carbonyl (C=O) groups is 1. The second kappa shape index (κ2) is 8.64. The molecule has 1 aromatic heterocycles. The van der Waals surface area contributed by atoms with E-state index >= 15 is 0 Å². The van der Waals surface area contributed by atoms with Crippen LogP contribution in [0.1, 0.15) is 16.7 Å². The summed E-state index contributed by atoms with van der Waals surface area (Å²) in [6.45, 7) is 3.96. The molecule has 2 aromatic carbocycles. The van der Waals surface area contributed by atoms with Crippen LogP contribution in [0.5, 0.6) is 0 Å². The Bertz CT molecular complexity index is 1220. The molecule has 0 bridgehead atoms. The lowest BCUT2D eigenvalue weighted by Crippen LogP contribution is -2.35. The summed E-state index contributed by atoms with van der Waals surface area (Å²) in [6.07, 6.45) is 1.66. The van der Waals surface area contributed by atoms with E-state index in [0.717, 1.165) is 33.7 Å². The highest BCUT2D eigenvalue weighted by Gasteiger charge is 2.17. The number of rotatable bonds is 8. The number of hydrogen-bond acceptors (Lipinski definition) is 6. The van der Waals surface area contributed by atoms with Gasteiger partial charge in [-0.05, 0) is 31.0 Å². The number of benzene rings is 2. The molecule has 0 spiro atoms. The molecule has 3 rings (SSSR count). The number of nitro groups is 1. The van der Waals surface area contributed by atoms with Crippen molar-refractivity contribution in [2.24, 2.45) is 0 Å². The molecule has 0 saturated carbocycles. The molecule has 0 radical (unpaired) electrons. The maximum atomic E-state index is 12.3. The van der Waals surface area contributed by atoms with Crippen LogP contribution in [0.2, 0.25) is 0 Å². The first-order valence-corrected chi connectivity index (χ1v) is 10.6. The molecule has 0 atom stereocenters. The van der Waals surface area contributed by atoms with E-state index in [1.165, 1.54) is 18.2 Å². The number of nitro benzene ring substituents is 1. The zero-order chi connectivity index (χ0) is 21.9. The highest BCUT2D eigenvalue weighted by molar-refractivity contribution is 7.89. The SMILES string of the molecule is Cc1ccc2c(CC(=O)NCCNS(=O)(=O)c3cccc([N+](=O)[O-])c3)coc2c1C. The molecule has 2 N–H and O–H groups in total. The lowest BCUT2D eigenvalue weighted by atomic mass is 10.0. The highest BCUT2D eigenvalue weighted by atomic mass is 32.2. The second-order valence-corrected chi connectivity index (χ2v) is 8.59. The lowest BCUT2D eigenvalue weighted by molar-refractivity contribution is -0.385. The van der Waals surface area contributed by atoms with Crippen LogP contribution in [-0.4, -0.2) is 32.3 Å². The number of amides is 1. The van der Waals surface area contributed by atoms with Crippen molar-refractivity contribution < 1.29 is 22.6 Å². The van der Waals surface area contributed by atoms with Crippen molar-refractivity contribution >= 4 is 32.6 Å². The number of hydrogen-bond donors (Lipinski definition) is 2. The van der Waals surface area contributed by atoms with Gasteiger partial charge in [0.05, 0.1) is 22.5 Å². The van der Waals surface area contributed by atoms with Crippen LogP contribution in [0.3, 0.4) is 0 Å². The van der Waals surface area contributed by atoms with Gasteiger partial charge < -0.3 is 9.73 Å². The Balaban J connectivity index is 1.54. The van der Waals surface area contributed by atoms with E-state index in [4.69, 9.17) is 4.42 Å². The van der Waals surface area contributed by atoms with Crippen LogP contribution in [0.15, 0.2) is 52.0 Å². The van der Waals surface area contributed by atoms with Crippen molar-refractivity contribution in [1.29, 1.82) is 0 Å². The molecule has 0 aliphatic carbocycles. The Morgan fingerprint density at radius 1 is 1.17 bits per heavy atom. The summed E-state index contributed by atoms with van der Waals surface area (Å²) in [7, 11) is -3.92. The van der Waals surface area contributed by atoms with E-state index in [0.29, 0.717) is 0 Å². The largest absolute Gasteiger partial charge is 0.464 e. The third-order valence-corrected chi connectivity index (χ3v) is 6.23. The molecule has 0 aliphatic heterocycles. The van der Waals surface area contributed by atoms with Gasteiger partial charge in [-0.3, -0.25) is 14.9 Å². The van der Waals surface area contributed by atoms with Crippen molar-refractivity contribution in [3.63, 3.8) is 0 Å². The maximum Gasteiger partial charge on any atom is 0.270 e. The summed E-state index contributed by atoms with van der Waals surface area (Å²) < 4.78 is 32.4. The molecule has 9 nitrogen and oxygen atoms in total. The predicted molar refractivity (Wildman–Crippen MR) is 111 cm³/mol. The second-order valence-electron chi connectivity index (χ2n) is 6.82. The molecule has 1 amide bonds. The van der Waals surface area contributed by atoms with E-state index < -0.39 is 14.9 Å². The van der Waals surface area contributed by atoms with E-state index in [-0.39, 0.29) is 36.0 Å². The fourth-order valence-corrected chi connectivity index (χ4v) is 4.07. The molecule has 158 valence electrons. The number of aryl methyl sites for hydroxylation is 2. The van der Waals surface area contributed by atoms with Crippen LogP contribution in [-0.2, 0) is 21.2 Å². The summed E-state index contributed by atoms with van der Waals surface area (Å²) in [6, 6.07) is 8.64. The Morgan fingerprint density at radius 2 is 1.93 bits per heavy atom. The Labute approximate surface area is 173 Å². The lowest BCUT2D eigenvalue weighted by Gasteiger charge is -2.08.